The molecule has 2 aromatic rings. The average molecular weight is 306 g/mol. The Morgan fingerprint density at radius 1 is 1.10 bits per heavy atom. The number of hydrogen-bond acceptors (Lipinski definition) is 3. The second-order valence-electron chi connectivity index (χ2n) is 4.86. The van der Waals surface area contributed by atoms with Crippen LogP contribution < -0.4 is 15.2 Å². The molecule has 0 saturated carbocycles. The molecule has 0 fully saturated rings. The van der Waals surface area contributed by atoms with E-state index in [0.717, 1.165) is 17.1 Å². The fraction of sp³-hybridized carbons (Fsp3) is 0.294. The van der Waals surface area contributed by atoms with E-state index in [1.54, 1.807) is 0 Å². The highest BCUT2D eigenvalue weighted by atomic mass is 35.5. The van der Waals surface area contributed by atoms with Crippen molar-refractivity contribution in [3.05, 3.63) is 59.1 Å². The van der Waals surface area contributed by atoms with E-state index in [1.165, 1.54) is 0 Å². The largest absolute Gasteiger partial charge is 0.494 e. The maximum absolute atomic E-state index is 6.06. The molecular weight excluding hydrogens is 286 g/mol. The van der Waals surface area contributed by atoms with Crippen LogP contribution in [0, 0.1) is 0 Å². The first-order valence-electron chi connectivity index (χ1n) is 7.00. The molecule has 0 aromatic heterocycles. The lowest BCUT2D eigenvalue weighted by Crippen LogP contribution is -2.29. The summed E-state index contributed by atoms with van der Waals surface area (Å²) >= 11 is 5.92. The first-order valence-corrected chi connectivity index (χ1v) is 7.38. The smallest absolute Gasteiger partial charge is 0.138 e. The Morgan fingerprint density at radius 2 is 1.76 bits per heavy atom. The van der Waals surface area contributed by atoms with Crippen LogP contribution in [0.25, 0.3) is 0 Å². The Bertz CT molecular complexity index is 569. The average Bonchev–Trinajstić information content (AvgIpc) is 2.46. The summed E-state index contributed by atoms with van der Waals surface area (Å²) in [6, 6.07) is 15.0. The van der Waals surface area contributed by atoms with Crippen LogP contribution in [-0.4, -0.2) is 12.6 Å². The van der Waals surface area contributed by atoms with Crippen LogP contribution >= 0.6 is 11.6 Å². The van der Waals surface area contributed by atoms with Crippen molar-refractivity contribution in [2.45, 2.75) is 26.0 Å². The molecule has 2 unspecified atom stereocenters. The fourth-order valence-corrected chi connectivity index (χ4v) is 2.21. The van der Waals surface area contributed by atoms with Gasteiger partial charge in [0.05, 0.1) is 6.61 Å². The van der Waals surface area contributed by atoms with E-state index in [9.17, 15) is 0 Å². The fourth-order valence-electron chi connectivity index (χ4n) is 2.08. The Hall–Kier alpha value is -1.71. The van der Waals surface area contributed by atoms with E-state index >= 15 is 0 Å². The van der Waals surface area contributed by atoms with Crippen LogP contribution in [0.3, 0.4) is 0 Å². The van der Waals surface area contributed by atoms with Crippen molar-refractivity contribution in [2.75, 3.05) is 6.61 Å². The maximum atomic E-state index is 6.06. The minimum atomic E-state index is -0.237. The third-order valence-electron chi connectivity index (χ3n) is 3.06. The third kappa shape index (κ3) is 4.38. The Kier molecular flexibility index (Phi) is 5.48. The molecule has 0 aliphatic carbocycles. The van der Waals surface area contributed by atoms with Gasteiger partial charge in [0, 0.05) is 17.1 Å². The zero-order valence-electron chi connectivity index (χ0n) is 12.3. The normalized spacial score (nSPS) is 13.5. The summed E-state index contributed by atoms with van der Waals surface area (Å²) in [5.74, 6) is 1.52. The summed E-state index contributed by atoms with van der Waals surface area (Å²) < 4.78 is 11.5. The van der Waals surface area contributed by atoms with Crippen molar-refractivity contribution in [3.63, 3.8) is 0 Å². The molecular formula is C17H20ClNO2. The number of nitrogens with two attached hydrogens (primary N) is 1. The lowest BCUT2D eigenvalue weighted by molar-refractivity contribution is 0.179. The predicted molar refractivity (Wildman–Crippen MR) is 86.1 cm³/mol. The number of benzene rings is 2. The van der Waals surface area contributed by atoms with Gasteiger partial charge in [0.1, 0.15) is 17.6 Å². The number of hydrogen-bond donors (Lipinski definition) is 1. The minimum absolute atomic E-state index is 0.151. The van der Waals surface area contributed by atoms with E-state index in [0.29, 0.717) is 11.6 Å². The van der Waals surface area contributed by atoms with Gasteiger partial charge < -0.3 is 15.2 Å². The molecule has 0 aliphatic heterocycles. The van der Waals surface area contributed by atoms with Gasteiger partial charge in [0.25, 0.3) is 0 Å². The topological polar surface area (TPSA) is 44.5 Å². The van der Waals surface area contributed by atoms with Gasteiger partial charge in [-0.05, 0) is 43.7 Å². The number of ether oxygens (including phenoxy) is 2. The van der Waals surface area contributed by atoms with E-state index in [1.807, 2.05) is 62.4 Å². The van der Waals surface area contributed by atoms with Crippen molar-refractivity contribution in [1.29, 1.82) is 0 Å². The summed E-state index contributed by atoms with van der Waals surface area (Å²) in [6.07, 6.45) is -0.237. The quantitative estimate of drug-likeness (QED) is 0.869. The monoisotopic (exact) mass is 305 g/mol. The van der Waals surface area contributed by atoms with E-state index in [-0.39, 0.29) is 12.1 Å². The van der Waals surface area contributed by atoms with Gasteiger partial charge in [0.15, 0.2) is 0 Å². The van der Waals surface area contributed by atoms with Crippen LogP contribution in [0.2, 0.25) is 5.02 Å². The SMILES string of the molecule is CCOc1cccc(OC(c2ccc(Cl)cc2)C(C)N)c1. The molecule has 0 heterocycles. The highest BCUT2D eigenvalue weighted by Gasteiger charge is 2.18. The molecule has 112 valence electrons. The zero-order valence-corrected chi connectivity index (χ0v) is 13.0. The molecule has 0 amide bonds. The van der Waals surface area contributed by atoms with E-state index in [2.05, 4.69) is 0 Å². The standard InChI is InChI=1S/C17H20ClNO2/c1-3-20-15-5-4-6-16(11-15)21-17(12(2)19)13-7-9-14(18)10-8-13/h4-12,17H,3,19H2,1-2H3. The van der Waals surface area contributed by atoms with Gasteiger partial charge in [0.2, 0.25) is 0 Å². The molecule has 0 saturated heterocycles. The summed E-state index contributed by atoms with van der Waals surface area (Å²) in [7, 11) is 0. The van der Waals surface area contributed by atoms with Crippen LogP contribution in [-0.2, 0) is 0 Å². The second kappa shape index (κ2) is 7.34. The van der Waals surface area contributed by atoms with Gasteiger partial charge >= 0.3 is 0 Å². The summed E-state index contributed by atoms with van der Waals surface area (Å²) in [5, 5.41) is 0.695. The van der Waals surface area contributed by atoms with Crippen LogP contribution in [0.4, 0.5) is 0 Å². The number of rotatable bonds is 6. The zero-order chi connectivity index (χ0) is 15.2. The summed E-state index contributed by atoms with van der Waals surface area (Å²) in [6.45, 7) is 4.50. The van der Waals surface area contributed by atoms with Crippen molar-refractivity contribution in [1.82, 2.24) is 0 Å². The molecule has 2 aromatic carbocycles. The molecule has 21 heavy (non-hydrogen) atoms. The predicted octanol–water partition coefficient (Wildman–Crippen LogP) is 4.21. The van der Waals surface area contributed by atoms with Crippen molar-refractivity contribution in [3.8, 4) is 11.5 Å². The van der Waals surface area contributed by atoms with Gasteiger partial charge in [-0.3, -0.25) is 0 Å². The van der Waals surface area contributed by atoms with Gasteiger partial charge in [-0.1, -0.05) is 29.8 Å². The molecule has 4 heteroatoms. The molecule has 0 aliphatic rings. The van der Waals surface area contributed by atoms with E-state index < -0.39 is 0 Å². The summed E-state index contributed by atoms with van der Waals surface area (Å²) in [5.41, 5.74) is 7.06. The van der Waals surface area contributed by atoms with Gasteiger partial charge in [-0.25, -0.2) is 0 Å². The molecule has 2 atom stereocenters. The van der Waals surface area contributed by atoms with Crippen molar-refractivity contribution >= 4 is 11.6 Å². The van der Waals surface area contributed by atoms with Crippen LogP contribution in [0.1, 0.15) is 25.5 Å². The Labute approximate surface area is 130 Å². The lowest BCUT2D eigenvalue weighted by atomic mass is 10.0. The molecule has 0 bridgehead atoms. The van der Waals surface area contributed by atoms with Crippen molar-refractivity contribution < 1.29 is 9.47 Å². The maximum Gasteiger partial charge on any atom is 0.138 e. The third-order valence-corrected chi connectivity index (χ3v) is 3.31. The molecule has 0 radical (unpaired) electrons. The Morgan fingerprint density at radius 3 is 2.38 bits per heavy atom. The van der Waals surface area contributed by atoms with Gasteiger partial charge in [-0.2, -0.15) is 0 Å². The first-order chi connectivity index (χ1) is 10.1. The van der Waals surface area contributed by atoms with E-state index in [4.69, 9.17) is 26.8 Å². The highest BCUT2D eigenvalue weighted by molar-refractivity contribution is 6.30. The van der Waals surface area contributed by atoms with Crippen LogP contribution in [0.5, 0.6) is 11.5 Å². The first kappa shape index (κ1) is 15.7. The number of halogens is 1. The summed E-state index contributed by atoms with van der Waals surface area (Å²) in [4.78, 5) is 0. The van der Waals surface area contributed by atoms with Crippen LogP contribution in [0.15, 0.2) is 48.5 Å². The van der Waals surface area contributed by atoms with Crippen molar-refractivity contribution in [2.24, 2.45) is 5.73 Å². The molecule has 2 rings (SSSR count). The lowest BCUT2D eigenvalue weighted by Gasteiger charge is -2.23. The molecule has 2 N–H and O–H groups in total. The second-order valence-corrected chi connectivity index (χ2v) is 5.29. The Balaban J connectivity index is 2.20. The van der Waals surface area contributed by atoms with Gasteiger partial charge in [-0.15, -0.1) is 0 Å². The highest BCUT2D eigenvalue weighted by Crippen LogP contribution is 2.27. The molecule has 3 nitrogen and oxygen atoms in total. The minimum Gasteiger partial charge on any atom is -0.494 e. The molecule has 0 spiro atoms.